The van der Waals surface area contributed by atoms with Crippen LogP contribution in [-0.2, 0) is 6.61 Å². The third-order valence-corrected chi connectivity index (χ3v) is 4.51. The molecular weight excluding hydrogens is 407 g/mol. The van der Waals surface area contributed by atoms with Gasteiger partial charge in [0, 0.05) is 6.07 Å². The van der Waals surface area contributed by atoms with Gasteiger partial charge in [-0.05, 0) is 17.7 Å². The van der Waals surface area contributed by atoms with Crippen LogP contribution in [0.2, 0.25) is 0 Å². The summed E-state index contributed by atoms with van der Waals surface area (Å²) in [5.41, 5.74) is -0.256. The van der Waals surface area contributed by atoms with Crippen LogP contribution in [0.15, 0.2) is 64.0 Å². The first-order chi connectivity index (χ1) is 14.4. The minimum atomic E-state index is -2.24. The van der Waals surface area contributed by atoms with E-state index in [1.807, 2.05) is 0 Å². The Morgan fingerprint density at radius 3 is 2.10 bits per heavy atom. The predicted molar refractivity (Wildman–Crippen MR) is 98.5 cm³/mol. The maximum absolute atomic E-state index is 13.8. The summed E-state index contributed by atoms with van der Waals surface area (Å²) in [6, 6.07) is 12.9. The molecule has 1 aromatic heterocycles. The van der Waals surface area contributed by atoms with E-state index in [2.05, 4.69) is 0 Å². The fourth-order valence-corrected chi connectivity index (χ4v) is 2.95. The van der Waals surface area contributed by atoms with Crippen molar-refractivity contribution < 1.29 is 31.1 Å². The van der Waals surface area contributed by atoms with Crippen LogP contribution in [0, 0.1) is 29.1 Å². The second-order valence-corrected chi connectivity index (χ2v) is 6.34. The molecule has 1 heterocycles. The summed E-state index contributed by atoms with van der Waals surface area (Å²) in [6.45, 7) is -0.913. The van der Waals surface area contributed by atoms with Crippen molar-refractivity contribution in [2.45, 2.75) is 6.61 Å². The molecule has 3 aromatic carbocycles. The molecule has 8 heteroatoms. The van der Waals surface area contributed by atoms with Crippen molar-refractivity contribution in [1.29, 1.82) is 0 Å². The van der Waals surface area contributed by atoms with Crippen LogP contribution in [-0.4, -0.2) is 0 Å². The molecular formula is C22H11F5O3. The van der Waals surface area contributed by atoms with Gasteiger partial charge in [-0.3, -0.25) is 4.79 Å². The van der Waals surface area contributed by atoms with E-state index in [1.165, 1.54) is 24.5 Å². The van der Waals surface area contributed by atoms with Crippen LogP contribution in [0.5, 0.6) is 5.75 Å². The Kier molecular flexibility index (Phi) is 4.99. The van der Waals surface area contributed by atoms with E-state index in [0.29, 0.717) is 11.1 Å². The Labute approximate surface area is 165 Å². The molecule has 0 fully saturated rings. The number of benzene rings is 3. The summed E-state index contributed by atoms with van der Waals surface area (Å²) < 4.78 is 77.9. The molecule has 0 N–H and O–H groups in total. The van der Waals surface area contributed by atoms with Gasteiger partial charge in [0.2, 0.25) is 5.82 Å². The average molecular weight is 418 g/mol. The molecule has 0 aliphatic rings. The molecule has 0 amide bonds. The monoisotopic (exact) mass is 418 g/mol. The lowest BCUT2D eigenvalue weighted by atomic mass is 10.1. The summed E-state index contributed by atoms with van der Waals surface area (Å²) in [5.74, 6) is -10.3. The number of halogens is 5. The van der Waals surface area contributed by atoms with Gasteiger partial charge in [-0.15, -0.1) is 0 Å². The highest BCUT2D eigenvalue weighted by molar-refractivity contribution is 5.82. The van der Waals surface area contributed by atoms with E-state index in [1.54, 1.807) is 30.3 Å². The zero-order valence-corrected chi connectivity index (χ0v) is 15.0. The maximum atomic E-state index is 13.8. The number of hydrogen-bond donors (Lipinski definition) is 0. The fraction of sp³-hybridized carbons (Fsp3) is 0.0455. The van der Waals surface area contributed by atoms with Gasteiger partial charge in [0.25, 0.3) is 0 Å². The summed E-state index contributed by atoms with van der Waals surface area (Å²) in [5, 5.41) is 0.236. The van der Waals surface area contributed by atoms with E-state index in [9.17, 15) is 26.7 Å². The molecule has 0 bridgehead atoms. The first kappa shape index (κ1) is 19.6. The molecule has 0 saturated heterocycles. The van der Waals surface area contributed by atoms with Crippen LogP contribution in [0.25, 0.3) is 22.1 Å². The molecule has 4 aromatic rings. The Hall–Kier alpha value is -3.68. The second kappa shape index (κ2) is 7.62. The van der Waals surface area contributed by atoms with Crippen LogP contribution in [0.4, 0.5) is 22.0 Å². The molecule has 152 valence electrons. The predicted octanol–water partition coefficient (Wildman–Crippen LogP) is 5.73. The third kappa shape index (κ3) is 3.30. The van der Waals surface area contributed by atoms with Crippen molar-refractivity contribution in [3.8, 4) is 16.9 Å². The molecule has 0 saturated carbocycles. The zero-order chi connectivity index (χ0) is 21.4. The van der Waals surface area contributed by atoms with Crippen molar-refractivity contribution in [3.63, 3.8) is 0 Å². The summed E-state index contributed by atoms with van der Waals surface area (Å²) in [7, 11) is 0. The maximum Gasteiger partial charge on any atom is 0.200 e. The molecule has 4 rings (SSSR count). The lowest BCUT2D eigenvalue weighted by Crippen LogP contribution is -2.10. The van der Waals surface area contributed by atoms with Crippen molar-refractivity contribution in [2.24, 2.45) is 0 Å². The van der Waals surface area contributed by atoms with Gasteiger partial charge < -0.3 is 9.15 Å². The minimum Gasteiger partial charge on any atom is -0.489 e. The van der Waals surface area contributed by atoms with Gasteiger partial charge >= 0.3 is 0 Å². The van der Waals surface area contributed by atoms with Gasteiger partial charge in [-0.1, -0.05) is 30.3 Å². The van der Waals surface area contributed by atoms with Crippen LogP contribution in [0.3, 0.4) is 0 Å². The lowest BCUT2D eigenvalue weighted by molar-refractivity contribution is 0.279. The summed E-state index contributed by atoms with van der Waals surface area (Å²) in [6.07, 6.45) is 1.27. The lowest BCUT2D eigenvalue weighted by Gasteiger charge is -2.10. The van der Waals surface area contributed by atoms with E-state index < -0.39 is 41.3 Å². The van der Waals surface area contributed by atoms with Crippen LogP contribution in [0.1, 0.15) is 5.56 Å². The molecule has 0 aliphatic heterocycles. The van der Waals surface area contributed by atoms with Gasteiger partial charge in [-0.2, -0.15) is 0 Å². The fourth-order valence-electron chi connectivity index (χ4n) is 2.95. The summed E-state index contributed by atoms with van der Waals surface area (Å²) >= 11 is 0. The van der Waals surface area contributed by atoms with Crippen LogP contribution >= 0.6 is 0 Å². The zero-order valence-electron chi connectivity index (χ0n) is 15.0. The van der Waals surface area contributed by atoms with Gasteiger partial charge in [-0.25, -0.2) is 22.0 Å². The van der Waals surface area contributed by atoms with Crippen molar-refractivity contribution >= 4 is 11.0 Å². The average Bonchev–Trinajstić information content (AvgIpc) is 2.77. The topological polar surface area (TPSA) is 39.4 Å². The highest BCUT2D eigenvalue weighted by Gasteiger charge is 2.26. The Morgan fingerprint density at radius 1 is 0.800 bits per heavy atom. The Bertz CT molecular complexity index is 1290. The first-order valence-electron chi connectivity index (χ1n) is 8.62. The van der Waals surface area contributed by atoms with Crippen molar-refractivity contribution in [2.75, 3.05) is 0 Å². The van der Waals surface area contributed by atoms with E-state index >= 15 is 0 Å². The normalized spacial score (nSPS) is 11.1. The SMILES string of the molecule is O=c1c(-c2ccccc2)coc2cc(OCc3c(F)c(F)c(F)c(F)c3F)ccc12. The third-order valence-electron chi connectivity index (χ3n) is 4.51. The standard InChI is InChI=1S/C22H11F5O3/c23-17-15(18(24)20(26)21(27)19(17)25)10-29-12-6-7-13-16(8-12)30-9-14(22(13)28)11-4-2-1-3-5-11/h1-9H,10H2. The van der Waals surface area contributed by atoms with E-state index in [-0.39, 0.29) is 22.1 Å². The molecule has 0 radical (unpaired) electrons. The van der Waals surface area contributed by atoms with E-state index in [0.717, 1.165) is 0 Å². The van der Waals surface area contributed by atoms with Gasteiger partial charge in [0.15, 0.2) is 28.7 Å². The molecule has 30 heavy (non-hydrogen) atoms. The number of fused-ring (bicyclic) bond motifs is 1. The molecule has 0 atom stereocenters. The number of rotatable bonds is 4. The largest absolute Gasteiger partial charge is 0.489 e. The molecule has 0 aliphatic carbocycles. The smallest absolute Gasteiger partial charge is 0.200 e. The minimum absolute atomic E-state index is 0.0158. The molecule has 0 spiro atoms. The van der Waals surface area contributed by atoms with Gasteiger partial charge in [0.1, 0.15) is 24.2 Å². The van der Waals surface area contributed by atoms with Gasteiger partial charge in [0.05, 0.1) is 16.5 Å². The first-order valence-corrected chi connectivity index (χ1v) is 8.62. The molecule has 3 nitrogen and oxygen atoms in total. The second-order valence-electron chi connectivity index (χ2n) is 6.34. The quantitative estimate of drug-likeness (QED) is 0.241. The highest BCUT2D eigenvalue weighted by Crippen LogP contribution is 2.26. The van der Waals surface area contributed by atoms with E-state index in [4.69, 9.17) is 9.15 Å². The molecule has 0 unspecified atom stereocenters. The Morgan fingerprint density at radius 2 is 1.43 bits per heavy atom. The highest BCUT2D eigenvalue weighted by atomic mass is 19.2. The van der Waals surface area contributed by atoms with Crippen molar-refractivity contribution in [3.05, 3.63) is 99.7 Å². The van der Waals surface area contributed by atoms with Crippen molar-refractivity contribution in [1.82, 2.24) is 0 Å². The van der Waals surface area contributed by atoms with Crippen LogP contribution < -0.4 is 10.2 Å². The number of ether oxygens (including phenoxy) is 1. The summed E-state index contributed by atoms with van der Waals surface area (Å²) in [4.78, 5) is 12.7. The number of hydrogen-bond acceptors (Lipinski definition) is 3. The Balaban J connectivity index is 1.65.